The summed E-state index contributed by atoms with van der Waals surface area (Å²) in [5.41, 5.74) is 0.363. The van der Waals surface area contributed by atoms with Crippen LogP contribution in [0.2, 0.25) is 0 Å². The third-order valence-electron chi connectivity index (χ3n) is 3.98. The fraction of sp³-hybridized carbons (Fsp3) is 0.625. The van der Waals surface area contributed by atoms with Crippen LogP contribution in [0.15, 0.2) is 23.5 Å². The van der Waals surface area contributed by atoms with Crippen molar-refractivity contribution in [3.63, 3.8) is 0 Å². The van der Waals surface area contributed by atoms with Crippen LogP contribution < -0.4 is 0 Å². The average molecular weight is 262 g/mol. The lowest BCUT2D eigenvalue weighted by atomic mass is 9.64. The average Bonchev–Trinajstić information content (AvgIpc) is 2.25. The Balaban J connectivity index is 2.44. The summed E-state index contributed by atoms with van der Waals surface area (Å²) >= 11 is 0. The molecule has 1 heterocycles. The summed E-state index contributed by atoms with van der Waals surface area (Å²) in [5.74, 6) is 0.576. The van der Waals surface area contributed by atoms with Crippen molar-refractivity contribution in [2.45, 2.75) is 53.4 Å². The monoisotopic (exact) mass is 262 g/mol. The number of rotatable bonds is 2. The van der Waals surface area contributed by atoms with E-state index in [1.807, 2.05) is 33.8 Å². The number of ketones is 1. The molecule has 0 bridgehead atoms. The largest absolute Gasteiger partial charge is 0.430 e. The Hall–Kier alpha value is -1.38. The van der Waals surface area contributed by atoms with Crippen molar-refractivity contribution in [3.8, 4) is 0 Å². The summed E-state index contributed by atoms with van der Waals surface area (Å²) in [5, 5.41) is 0. The van der Waals surface area contributed by atoms with Crippen LogP contribution in [0.4, 0.5) is 0 Å². The van der Waals surface area contributed by atoms with Crippen LogP contribution in [-0.2, 0) is 14.3 Å². The molecule has 0 N–H and O–H groups in total. The second-order valence-corrected chi connectivity index (χ2v) is 6.64. The highest BCUT2D eigenvalue weighted by Crippen LogP contribution is 2.50. The molecule has 0 aromatic heterocycles. The van der Waals surface area contributed by atoms with Crippen LogP contribution >= 0.6 is 0 Å². The molecule has 0 aromatic carbocycles. The van der Waals surface area contributed by atoms with E-state index < -0.39 is 5.41 Å². The maximum atomic E-state index is 12.6. The van der Waals surface area contributed by atoms with Gasteiger partial charge in [0.25, 0.3) is 0 Å². The van der Waals surface area contributed by atoms with Crippen LogP contribution in [0.1, 0.15) is 53.4 Å². The van der Waals surface area contributed by atoms with Crippen LogP contribution in [0, 0.1) is 10.8 Å². The van der Waals surface area contributed by atoms with Gasteiger partial charge in [-0.15, -0.1) is 0 Å². The van der Waals surface area contributed by atoms with Gasteiger partial charge in [0.2, 0.25) is 0 Å². The molecule has 3 nitrogen and oxygen atoms in total. The summed E-state index contributed by atoms with van der Waals surface area (Å²) in [6.45, 7) is 8.05. The molecule has 3 heteroatoms. The van der Waals surface area contributed by atoms with Gasteiger partial charge in [0.05, 0.1) is 5.41 Å². The summed E-state index contributed by atoms with van der Waals surface area (Å²) in [4.78, 5) is 24.2. The minimum atomic E-state index is -0.597. The maximum Gasteiger partial charge on any atom is 0.310 e. The summed E-state index contributed by atoms with van der Waals surface area (Å²) in [7, 11) is 0. The highest BCUT2D eigenvalue weighted by Gasteiger charge is 2.50. The molecule has 1 aliphatic carbocycles. The minimum absolute atomic E-state index is 0.208. The summed E-state index contributed by atoms with van der Waals surface area (Å²) in [6.07, 6.45) is 6.12. The van der Waals surface area contributed by atoms with Crippen molar-refractivity contribution in [1.82, 2.24) is 0 Å². The maximum absolute atomic E-state index is 12.6. The van der Waals surface area contributed by atoms with Crippen LogP contribution in [-0.4, -0.2) is 11.8 Å². The normalized spacial score (nSPS) is 29.2. The second kappa shape index (κ2) is 4.62. The zero-order valence-electron chi connectivity index (χ0n) is 12.2. The first kappa shape index (κ1) is 14.0. The second-order valence-electron chi connectivity index (χ2n) is 6.64. The Morgan fingerprint density at radius 1 is 1.37 bits per heavy atom. The van der Waals surface area contributed by atoms with Crippen molar-refractivity contribution >= 4 is 11.8 Å². The van der Waals surface area contributed by atoms with Gasteiger partial charge in [-0.1, -0.05) is 25.5 Å². The van der Waals surface area contributed by atoms with Gasteiger partial charge < -0.3 is 4.74 Å². The number of fused-ring (bicyclic) bond motifs is 1. The third kappa shape index (κ3) is 2.65. The Kier molecular flexibility index (Phi) is 3.41. The van der Waals surface area contributed by atoms with Crippen molar-refractivity contribution < 1.29 is 14.3 Å². The van der Waals surface area contributed by atoms with E-state index in [1.54, 1.807) is 0 Å². The number of ether oxygens (including phenoxy) is 1. The Labute approximate surface area is 114 Å². The molecule has 1 fully saturated rings. The number of allylic oxidation sites excluding steroid dienone is 4. The molecule has 0 saturated carbocycles. The van der Waals surface area contributed by atoms with Crippen LogP contribution in [0.25, 0.3) is 0 Å². The molecule has 0 radical (unpaired) electrons. The van der Waals surface area contributed by atoms with Gasteiger partial charge in [-0.2, -0.15) is 0 Å². The van der Waals surface area contributed by atoms with Gasteiger partial charge in [-0.05, 0) is 38.2 Å². The Morgan fingerprint density at radius 2 is 2.05 bits per heavy atom. The molecule has 0 amide bonds. The molecule has 1 aliphatic heterocycles. The lowest BCUT2D eigenvalue weighted by Crippen LogP contribution is -2.44. The molecule has 1 atom stereocenters. The van der Waals surface area contributed by atoms with Crippen LogP contribution in [0.5, 0.6) is 0 Å². The fourth-order valence-corrected chi connectivity index (χ4v) is 2.84. The summed E-state index contributed by atoms with van der Waals surface area (Å²) < 4.78 is 5.40. The van der Waals surface area contributed by atoms with Gasteiger partial charge in [0.1, 0.15) is 11.5 Å². The highest BCUT2D eigenvalue weighted by molar-refractivity contribution is 5.92. The highest BCUT2D eigenvalue weighted by atomic mass is 16.5. The van der Waals surface area contributed by atoms with E-state index in [1.165, 1.54) is 5.57 Å². The van der Waals surface area contributed by atoms with E-state index in [0.29, 0.717) is 31.4 Å². The lowest BCUT2D eigenvalue weighted by molar-refractivity contribution is -0.151. The molecule has 0 unspecified atom stereocenters. The predicted molar refractivity (Wildman–Crippen MR) is 73.3 cm³/mol. The zero-order chi connectivity index (χ0) is 14.3. The molecular formula is C16H22O3. The number of esters is 1. The van der Waals surface area contributed by atoms with E-state index >= 15 is 0 Å². The van der Waals surface area contributed by atoms with Crippen molar-refractivity contribution in [3.05, 3.63) is 23.5 Å². The standard InChI is InChI=1S/C16H22O3/c1-11(2)5-7-16-8-6-14(18)19-13(16)10-15(3,4)9-12(16)17/h5,10H,6-9H2,1-4H3/t16-/m0/s1. The van der Waals surface area contributed by atoms with E-state index in [2.05, 4.69) is 6.08 Å². The quantitative estimate of drug-likeness (QED) is 0.564. The molecular weight excluding hydrogens is 240 g/mol. The molecule has 19 heavy (non-hydrogen) atoms. The van der Waals surface area contributed by atoms with E-state index in [0.717, 1.165) is 0 Å². The molecule has 1 saturated heterocycles. The van der Waals surface area contributed by atoms with Gasteiger partial charge in [-0.25, -0.2) is 0 Å². The number of Topliss-reactive ketones (excluding diaryl/α,β-unsaturated/α-hetero) is 1. The third-order valence-corrected chi connectivity index (χ3v) is 3.98. The number of carbonyl (C=O) groups is 2. The Bertz CT molecular complexity index is 478. The topological polar surface area (TPSA) is 43.4 Å². The predicted octanol–water partition coefficient (Wildman–Crippen LogP) is 3.55. The number of hydrogen-bond donors (Lipinski definition) is 0. The van der Waals surface area contributed by atoms with E-state index in [4.69, 9.17) is 4.74 Å². The van der Waals surface area contributed by atoms with Gasteiger partial charge in [0.15, 0.2) is 0 Å². The lowest BCUT2D eigenvalue weighted by Gasteiger charge is -2.42. The van der Waals surface area contributed by atoms with Crippen molar-refractivity contribution in [1.29, 1.82) is 0 Å². The number of carbonyl (C=O) groups excluding carboxylic acids is 2. The van der Waals surface area contributed by atoms with Crippen molar-refractivity contribution in [2.75, 3.05) is 0 Å². The minimum Gasteiger partial charge on any atom is -0.430 e. The zero-order valence-corrected chi connectivity index (χ0v) is 12.2. The SMILES string of the molecule is CC(C)=CC[C@@]12CCC(=O)OC1=CC(C)(C)CC2=O. The van der Waals surface area contributed by atoms with E-state index in [9.17, 15) is 9.59 Å². The first-order chi connectivity index (χ1) is 8.75. The van der Waals surface area contributed by atoms with Crippen molar-refractivity contribution in [2.24, 2.45) is 10.8 Å². The molecule has 2 rings (SSSR count). The van der Waals surface area contributed by atoms with Gasteiger partial charge >= 0.3 is 5.97 Å². The number of hydrogen-bond acceptors (Lipinski definition) is 3. The molecule has 0 spiro atoms. The fourth-order valence-electron chi connectivity index (χ4n) is 2.84. The van der Waals surface area contributed by atoms with Gasteiger partial charge in [-0.3, -0.25) is 9.59 Å². The first-order valence-corrected chi connectivity index (χ1v) is 6.86. The molecule has 2 aliphatic rings. The Morgan fingerprint density at radius 3 is 2.68 bits per heavy atom. The first-order valence-electron chi connectivity index (χ1n) is 6.86. The molecule has 104 valence electrons. The van der Waals surface area contributed by atoms with E-state index in [-0.39, 0.29) is 17.2 Å². The summed E-state index contributed by atoms with van der Waals surface area (Å²) in [6, 6.07) is 0. The smallest absolute Gasteiger partial charge is 0.310 e. The molecule has 0 aromatic rings. The van der Waals surface area contributed by atoms with Gasteiger partial charge in [0, 0.05) is 12.8 Å². The van der Waals surface area contributed by atoms with Crippen LogP contribution in [0.3, 0.4) is 0 Å².